The van der Waals surface area contributed by atoms with Crippen molar-refractivity contribution in [1.82, 2.24) is 4.90 Å². The van der Waals surface area contributed by atoms with Crippen LogP contribution in [0.4, 0.5) is 0 Å². The standard InChI is InChI=1S/C37H45NO7S/c1-9-10-24-17-25(18-31(44-8)35(24)45-46(41,42)26-13-11-23(2)12-14-26)32-33-27(19-36(3,4)21-29(33)39)38(15-16-43-7)28-20-37(5,6)22-30(40)34(28)32/h9,11-14,17-18,32H,1,10,15-16,19-22H2,2-8H3. The van der Waals surface area contributed by atoms with Crippen LogP contribution in [-0.2, 0) is 30.9 Å². The first kappa shape index (κ1) is 33.7. The molecule has 2 aliphatic carbocycles. The molecule has 0 radical (unpaired) electrons. The predicted molar refractivity (Wildman–Crippen MR) is 177 cm³/mol. The van der Waals surface area contributed by atoms with Crippen LogP contribution < -0.4 is 8.92 Å². The van der Waals surface area contributed by atoms with E-state index in [4.69, 9.17) is 13.7 Å². The second-order valence-corrected chi connectivity index (χ2v) is 15.8. The molecule has 0 unspecified atom stereocenters. The maximum atomic E-state index is 14.2. The summed E-state index contributed by atoms with van der Waals surface area (Å²) < 4.78 is 43.8. The van der Waals surface area contributed by atoms with Crippen molar-refractivity contribution in [3.63, 3.8) is 0 Å². The van der Waals surface area contributed by atoms with Crippen LogP contribution in [0.15, 0.2) is 76.5 Å². The number of ether oxygens (including phenoxy) is 2. The van der Waals surface area contributed by atoms with E-state index in [0.717, 1.165) is 17.0 Å². The van der Waals surface area contributed by atoms with Crippen molar-refractivity contribution in [3.05, 3.63) is 88.3 Å². The Bertz CT molecular complexity index is 1690. The van der Waals surface area contributed by atoms with Gasteiger partial charge in [-0.05, 0) is 60.8 Å². The molecule has 0 aromatic heterocycles. The molecule has 0 saturated carbocycles. The van der Waals surface area contributed by atoms with Crippen molar-refractivity contribution in [3.8, 4) is 11.5 Å². The van der Waals surface area contributed by atoms with Gasteiger partial charge in [-0.15, -0.1) is 6.58 Å². The summed E-state index contributed by atoms with van der Waals surface area (Å²) in [5.74, 6) is -0.358. The van der Waals surface area contributed by atoms with Gasteiger partial charge in [0.15, 0.2) is 23.1 Å². The topological polar surface area (TPSA) is 99.2 Å². The molecule has 0 spiro atoms. The SMILES string of the molecule is C=CCc1cc(C2C3=C(CC(C)(C)CC3=O)N(CCOC)C3=C2C(=O)CC(C)(C)C3)cc(OC)c1OS(=O)(=O)c1ccc(C)cc1. The Morgan fingerprint density at radius 3 is 1.98 bits per heavy atom. The maximum Gasteiger partial charge on any atom is 0.339 e. The average molecular weight is 648 g/mol. The molecule has 0 bridgehead atoms. The highest BCUT2D eigenvalue weighted by Gasteiger charge is 2.49. The zero-order chi connectivity index (χ0) is 33.6. The van der Waals surface area contributed by atoms with E-state index < -0.39 is 16.0 Å². The zero-order valence-corrected chi connectivity index (χ0v) is 28.8. The van der Waals surface area contributed by atoms with Gasteiger partial charge in [0.05, 0.1) is 13.7 Å². The monoisotopic (exact) mass is 647 g/mol. The van der Waals surface area contributed by atoms with Gasteiger partial charge < -0.3 is 18.6 Å². The van der Waals surface area contributed by atoms with E-state index in [1.54, 1.807) is 31.4 Å². The smallest absolute Gasteiger partial charge is 0.339 e. The fourth-order valence-electron chi connectivity index (χ4n) is 7.10. The van der Waals surface area contributed by atoms with Gasteiger partial charge in [0, 0.05) is 60.5 Å². The van der Waals surface area contributed by atoms with Crippen LogP contribution in [-0.4, -0.2) is 52.3 Å². The van der Waals surface area contributed by atoms with E-state index in [0.29, 0.717) is 61.1 Å². The molecule has 0 atom stereocenters. The van der Waals surface area contributed by atoms with Gasteiger partial charge in [0.25, 0.3) is 0 Å². The van der Waals surface area contributed by atoms with Crippen molar-refractivity contribution >= 4 is 21.7 Å². The number of aryl methyl sites for hydroxylation is 1. The Labute approximate surface area is 273 Å². The van der Waals surface area contributed by atoms with Crippen molar-refractivity contribution < 1.29 is 31.7 Å². The summed E-state index contributed by atoms with van der Waals surface area (Å²) in [6.07, 6.45) is 3.99. The first-order valence-corrected chi connectivity index (χ1v) is 17.1. The normalized spacial score (nSPS) is 19.6. The molecule has 2 aromatic rings. The molecular formula is C37H45NO7S. The van der Waals surface area contributed by atoms with Crippen LogP contribution in [0.5, 0.6) is 11.5 Å². The highest BCUT2D eigenvalue weighted by molar-refractivity contribution is 7.87. The summed E-state index contributed by atoms with van der Waals surface area (Å²) in [7, 11) is -1.09. The number of allylic oxidation sites excluding steroid dienone is 5. The van der Waals surface area contributed by atoms with Gasteiger partial charge in [-0.2, -0.15) is 8.42 Å². The third-order valence-electron chi connectivity index (χ3n) is 9.12. The van der Waals surface area contributed by atoms with Gasteiger partial charge in [-0.25, -0.2) is 0 Å². The lowest BCUT2D eigenvalue weighted by Gasteiger charge is -2.49. The summed E-state index contributed by atoms with van der Waals surface area (Å²) in [6, 6.07) is 9.99. The number of rotatable bonds is 10. The molecule has 1 heterocycles. The van der Waals surface area contributed by atoms with Crippen molar-refractivity contribution in [2.24, 2.45) is 10.8 Å². The molecule has 2 aromatic carbocycles. The second kappa shape index (κ2) is 12.5. The lowest BCUT2D eigenvalue weighted by Crippen LogP contribution is -2.45. The van der Waals surface area contributed by atoms with Crippen LogP contribution in [0.1, 0.15) is 76.0 Å². The molecule has 0 N–H and O–H groups in total. The minimum absolute atomic E-state index is 0.00867. The molecule has 246 valence electrons. The van der Waals surface area contributed by atoms with Crippen LogP contribution in [0, 0.1) is 17.8 Å². The summed E-state index contributed by atoms with van der Waals surface area (Å²) >= 11 is 0. The van der Waals surface area contributed by atoms with Crippen molar-refractivity contribution in [2.45, 2.75) is 77.5 Å². The van der Waals surface area contributed by atoms with Gasteiger partial charge in [-0.3, -0.25) is 9.59 Å². The Morgan fingerprint density at radius 1 is 0.913 bits per heavy atom. The quantitative estimate of drug-likeness (QED) is 0.204. The Kier molecular flexibility index (Phi) is 9.14. The molecule has 5 rings (SSSR count). The van der Waals surface area contributed by atoms with Crippen molar-refractivity contribution in [2.75, 3.05) is 27.4 Å². The fourth-order valence-corrected chi connectivity index (χ4v) is 8.07. The van der Waals surface area contributed by atoms with Crippen LogP contribution in [0.2, 0.25) is 0 Å². The number of hydrogen-bond acceptors (Lipinski definition) is 8. The van der Waals surface area contributed by atoms with E-state index in [2.05, 4.69) is 39.2 Å². The Morgan fingerprint density at radius 2 is 1.48 bits per heavy atom. The number of carbonyl (C=O) groups is 2. The van der Waals surface area contributed by atoms with Gasteiger partial charge in [0.1, 0.15) is 4.90 Å². The number of hydrogen-bond donors (Lipinski definition) is 0. The first-order valence-electron chi connectivity index (χ1n) is 15.7. The fraction of sp³-hybridized carbons (Fsp3) is 0.459. The molecule has 3 aliphatic rings. The summed E-state index contributed by atoms with van der Waals surface area (Å²) in [6.45, 7) is 15.1. The maximum absolute atomic E-state index is 14.2. The molecule has 9 heteroatoms. The van der Waals surface area contributed by atoms with E-state index in [1.165, 1.54) is 19.2 Å². The van der Waals surface area contributed by atoms with Crippen LogP contribution >= 0.6 is 0 Å². The van der Waals surface area contributed by atoms with Crippen LogP contribution in [0.25, 0.3) is 0 Å². The highest BCUT2D eigenvalue weighted by Crippen LogP contribution is 2.55. The summed E-state index contributed by atoms with van der Waals surface area (Å²) in [5.41, 5.74) is 4.71. The summed E-state index contributed by atoms with van der Waals surface area (Å²) in [4.78, 5) is 30.5. The third-order valence-corrected chi connectivity index (χ3v) is 10.4. The number of nitrogens with zero attached hydrogens (tertiary/aromatic N) is 1. The Balaban J connectivity index is 1.74. The third kappa shape index (κ3) is 6.45. The second-order valence-electron chi connectivity index (χ2n) is 14.2. The Hall–Kier alpha value is -3.69. The lowest BCUT2D eigenvalue weighted by molar-refractivity contribution is -0.119. The first-order chi connectivity index (χ1) is 21.6. The predicted octanol–water partition coefficient (Wildman–Crippen LogP) is 6.83. The molecule has 0 fully saturated rings. The van der Waals surface area contributed by atoms with Gasteiger partial charge in [-0.1, -0.05) is 57.5 Å². The summed E-state index contributed by atoms with van der Waals surface area (Å²) in [5, 5.41) is 0. The van der Waals surface area contributed by atoms with E-state index >= 15 is 0 Å². The van der Waals surface area contributed by atoms with E-state index in [1.807, 2.05) is 13.0 Å². The molecular weight excluding hydrogens is 602 g/mol. The van der Waals surface area contributed by atoms with Crippen molar-refractivity contribution in [1.29, 1.82) is 0 Å². The van der Waals surface area contributed by atoms with E-state index in [9.17, 15) is 18.0 Å². The number of ketones is 2. The molecule has 0 amide bonds. The minimum atomic E-state index is -4.20. The largest absolute Gasteiger partial charge is 0.493 e. The highest BCUT2D eigenvalue weighted by atomic mass is 32.2. The average Bonchev–Trinajstić information content (AvgIpc) is 2.95. The minimum Gasteiger partial charge on any atom is -0.493 e. The van der Waals surface area contributed by atoms with Gasteiger partial charge >= 0.3 is 10.1 Å². The van der Waals surface area contributed by atoms with E-state index in [-0.39, 0.29) is 45.2 Å². The molecule has 1 aliphatic heterocycles. The zero-order valence-electron chi connectivity index (χ0n) is 28.0. The van der Waals surface area contributed by atoms with Gasteiger partial charge in [0.2, 0.25) is 0 Å². The van der Waals surface area contributed by atoms with Crippen LogP contribution in [0.3, 0.4) is 0 Å². The molecule has 0 saturated heterocycles. The number of benzene rings is 2. The number of carbonyl (C=O) groups excluding carboxylic acids is 2. The number of methoxy groups -OCH3 is 2. The molecule has 8 nitrogen and oxygen atoms in total. The molecule has 46 heavy (non-hydrogen) atoms. The lowest BCUT2D eigenvalue weighted by atomic mass is 9.63. The number of Topliss-reactive ketones (excluding diaryl/α,β-unsaturated/α-hetero) is 2.